The van der Waals surface area contributed by atoms with Crippen LogP contribution in [0.2, 0.25) is 0 Å². The second-order valence-corrected chi connectivity index (χ2v) is 3.84. The molecule has 0 atom stereocenters. The Bertz CT molecular complexity index is 293. The van der Waals surface area contributed by atoms with E-state index in [0.717, 1.165) is 11.4 Å². The van der Waals surface area contributed by atoms with Gasteiger partial charge in [-0.25, -0.2) is 0 Å². The molecule has 15 heavy (non-hydrogen) atoms. The average molecular weight is 207 g/mol. The van der Waals surface area contributed by atoms with Gasteiger partial charge in [-0.05, 0) is 43.5 Å². The van der Waals surface area contributed by atoms with Crippen LogP contribution in [0.3, 0.4) is 0 Å². The fourth-order valence-electron chi connectivity index (χ4n) is 1.48. The van der Waals surface area contributed by atoms with E-state index in [1.807, 2.05) is 24.3 Å². The zero-order valence-corrected chi connectivity index (χ0v) is 8.82. The van der Waals surface area contributed by atoms with E-state index in [-0.39, 0.29) is 0 Å². The summed E-state index contributed by atoms with van der Waals surface area (Å²) >= 11 is 0. The van der Waals surface area contributed by atoms with Crippen molar-refractivity contribution in [3.05, 3.63) is 24.3 Å². The van der Waals surface area contributed by atoms with Gasteiger partial charge < -0.3 is 15.2 Å². The summed E-state index contributed by atoms with van der Waals surface area (Å²) in [7, 11) is 0. The molecule has 1 saturated carbocycles. The molecule has 0 aromatic heterocycles. The van der Waals surface area contributed by atoms with Gasteiger partial charge in [0.15, 0.2) is 0 Å². The van der Waals surface area contributed by atoms with Crippen LogP contribution in [0.5, 0.6) is 5.75 Å². The third kappa shape index (κ3) is 3.13. The quantitative estimate of drug-likeness (QED) is 0.594. The van der Waals surface area contributed by atoms with E-state index >= 15 is 0 Å². The van der Waals surface area contributed by atoms with Crippen molar-refractivity contribution in [2.45, 2.75) is 25.4 Å². The highest BCUT2D eigenvalue weighted by Gasteiger charge is 2.17. The fraction of sp³-hybridized carbons (Fsp3) is 0.500. The Morgan fingerprint density at radius 1 is 1.13 bits per heavy atom. The van der Waals surface area contributed by atoms with Crippen LogP contribution in [-0.4, -0.2) is 19.3 Å². The summed E-state index contributed by atoms with van der Waals surface area (Å²) in [6, 6.07) is 7.42. The maximum atomic E-state index is 5.57. The molecule has 3 heteroatoms. The summed E-state index contributed by atoms with van der Waals surface area (Å²) in [4.78, 5) is 0. The summed E-state index contributed by atoms with van der Waals surface area (Å²) in [6.45, 7) is 1.29. The third-order valence-electron chi connectivity index (χ3n) is 2.64. The lowest BCUT2D eigenvalue weighted by Gasteiger charge is -2.25. The lowest BCUT2D eigenvalue weighted by Crippen LogP contribution is -2.23. The Balaban J connectivity index is 1.62. The number of nitrogens with two attached hydrogens (primary N) is 1. The molecular formula is C12H17NO2. The highest BCUT2D eigenvalue weighted by atomic mass is 16.5. The van der Waals surface area contributed by atoms with Gasteiger partial charge >= 0.3 is 0 Å². The van der Waals surface area contributed by atoms with Crippen molar-refractivity contribution in [2.75, 3.05) is 18.9 Å². The van der Waals surface area contributed by atoms with Crippen molar-refractivity contribution in [3.8, 4) is 5.75 Å². The van der Waals surface area contributed by atoms with Gasteiger partial charge in [0.05, 0.1) is 12.7 Å². The van der Waals surface area contributed by atoms with Gasteiger partial charge in [0.25, 0.3) is 0 Å². The van der Waals surface area contributed by atoms with E-state index in [4.69, 9.17) is 15.2 Å². The van der Waals surface area contributed by atoms with Crippen LogP contribution in [0.1, 0.15) is 19.3 Å². The van der Waals surface area contributed by atoms with Crippen LogP contribution in [0.25, 0.3) is 0 Å². The van der Waals surface area contributed by atoms with Crippen LogP contribution in [0, 0.1) is 0 Å². The second-order valence-electron chi connectivity index (χ2n) is 3.84. The molecule has 82 valence electrons. The molecule has 0 saturated heterocycles. The molecule has 1 aromatic rings. The minimum atomic E-state index is 0.486. The smallest absolute Gasteiger partial charge is 0.119 e. The summed E-state index contributed by atoms with van der Waals surface area (Å²) in [5, 5.41) is 0. The molecule has 0 amide bonds. The molecule has 2 N–H and O–H groups in total. The van der Waals surface area contributed by atoms with Crippen molar-refractivity contribution in [1.29, 1.82) is 0 Å². The minimum Gasteiger partial charge on any atom is -0.491 e. The first-order chi connectivity index (χ1) is 7.34. The zero-order valence-electron chi connectivity index (χ0n) is 8.82. The number of anilines is 1. The summed E-state index contributed by atoms with van der Waals surface area (Å²) in [5.41, 5.74) is 6.32. The highest BCUT2D eigenvalue weighted by molar-refractivity contribution is 5.41. The van der Waals surface area contributed by atoms with Gasteiger partial charge in [-0.3, -0.25) is 0 Å². The summed E-state index contributed by atoms with van der Waals surface area (Å²) in [6.07, 6.45) is 4.22. The Morgan fingerprint density at radius 3 is 2.47 bits per heavy atom. The van der Waals surface area contributed by atoms with Crippen LogP contribution in [0.4, 0.5) is 5.69 Å². The van der Waals surface area contributed by atoms with E-state index < -0.39 is 0 Å². The summed E-state index contributed by atoms with van der Waals surface area (Å²) in [5.74, 6) is 0.849. The van der Waals surface area contributed by atoms with Crippen molar-refractivity contribution in [3.63, 3.8) is 0 Å². The lowest BCUT2D eigenvalue weighted by molar-refractivity contribution is -0.0103. The topological polar surface area (TPSA) is 44.5 Å². The van der Waals surface area contributed by atoms with Gasteiger partial charge in [0.2, 0.25) is 0 Å². The number of benzene rings is 1. The molecule has 0 bridgehead atoms. The normalized spacial score (nSPS) is 16.0. The molecule has 1 fully saturated rings. The zero-order chi connectivity index (χ0) is 10.5. The van der Waals surface area contributed by atoms with Crippen molar-refractivity contribution >= 4 is 5.69 Å². The standard InChI is InChI=1S/C12H17NO2/c13-10-4-6-12(7-5-10)15-9-8-14-11-2-1-3-11/h4-7,11H,1-3,8-9,13H2. The first kappa shape index (κ1) is 10.3. The van der Waals surface area contributed by atoms with Gasteiger partial charge in [-0.1, -0.05) is 0 Å². The maximum absolute atomic E-state index is 5.57. The molecule has 0 aliphatic heterocycles. The number of ether oxygens (including phenoxy) is 2. The van der Waals surface area contributed by atoms with E-state index in [1.54, 1.807) is 0 Å². The lowest BCUT2D eigenvalue weighted by atomic mass is 9.96. The monoisotopic (exact) mass is 207 g/mol. The number of rotatable bonds is 5. The molecule has 1 aliphatic carbocycles. The first-order valence-electron chi connectivity index (χ1n) is 5.44. The van der Waals surface area contributed by atoms with Crippen LogP contribution in [-0.2, 0) is 4.74 Å². The molecule has 0 radical (unpaired) electrons. The molecule has 0 unspecified atom stereocenters. The second kappa shape index (κ2) is 5.03. The Labute approximate surface area is 90.2 Å². The molecular weight excluding hydrogens is 190 g/mol. The summed E-state index contributed by atoms with van der Waals surface area (Å²) < 4.78 is 11.1. The van der Waals surface area contributed by atoms with E-state index in [1.165, 1.54) is 19.3 Å². The fourth-order valence-corrected chi connectivity index (χ4v) is 1.48. The Kier molecular flexibility index (Phi) is 3.45. The van der Waals surface area contributed by atoms with Gasteiger partial charge in [0.1, 0.15) is 12.4 Å². The predicted octanol–water partition coefficient (Wildman–Crippen LogP) is 2.22. The Hall–Kier alpha value is -1.22. The molecule has 0 spiro atoms. The van der Waals surface area contributed by atoms with Crippen LogP contribution < -0.4 is 10.5 Å². The van der Waals surface area contributed by atoms with Crippen LogP contribution >= 0.6 is 0 Å². The van der Waals surface area contributed by atoms with Gasteiger partial charge in [0, 0.05) is 5.69 Å². The van der Waals surface area contributed by atoms with Gasteiger partial charge in [-0.2, -0.15) is 0 Å². The van der Waals surface area contributed by atoms with E-state index in [0.29, 0.717) is 19.3 Å². The first-order valence-corrected chi connectivity index (χ1v) is 5.44. The number of hydrogen-bond donors (Lipinski definition) is 1. The molecule has 1 aromatic carbocycles. The SMILES string of the molecule is Nc1ccc(OCCOC2CCC2)cc1. The van der Waals surface area contributed by atoms with E-state index in [9.17, 15) is 0 Å². The van der Waals surface area contributed by atoms with Crippen molar-refractivity contribution in [1.82, 2.24) is 0 Å². The number of nitrogen functional groups attached to an aromatic ring is 1. The molecule has 3 nitrogen and oxygen atoms in total. The van der Waals surface area contributed by atoms with Crippen molar-refractivity contribution in [2.24, 2.45) is 0 Å². The highest BCUT2D eigenvalue weighted by Crippen LogP contribution is 2.21. The van der Waals surface area contributed by atoms with Gasteiger partial charge in [-0.15, -0.1) is 0 Å². The largest absolute Gasteiger partial charge is 0.491 e. The Morgan fingerprint density at radius 2 is 1.87 bits per heavy atom. The molecule has 1 aliphatic rings. The van der Waals surface area contributed by atoms with E-state index in [2.05, 4.69) is 0 Å². The number of hydrogen-bond acceptors (Lipinski definition) is 3. The van der Waals surface area contributed by atoms with Crippen LogP contribution in [0.15, 0.2) is 24.3 Å². The molecule has 0 heterocycles. The van der Waals surface area contributed by atoms with Crippen molar-refractivity contribution < 1.29 is 9.47 Å². The maximum Gasteiger partial charge on any atom is 0.119 e. The minimum absolute atomic E-state index is 0.486. The average Bonchev–Trinajstić information content (AvgIpc) is 2.18. The molecule has 2 rings (SSSR count). The third-order valence-corrected chi connectivity index (χ3v) is 2.64. The predicted molar refractivity (Wildman–Crippen MR) is 59.9 cm³/mol.